The molecule has 0 aliphatic heterocycles. The third kappa shape index (κ3) is 3.43. The molecule has 5 aromatic rings. The maximum absolute atomic E-state index is 10.1. The van der Waals surface area contributed by atoms with E-state index in [1.807, 2.05) is 19.1 Å². The summed E-state index contributed by atoms with van der Waals surface area (Å²) in [7, 11) is 0. The smallest absolute Gasteiger partial charge is 0.118 e. The third-order valence-corrected chi connectivity index (χ3v) is 6.74. The first kappa shape index (κ1) is 19.6. The van der Waals surface area contributed by atoms with E-state index in [0.717, 1.165) is 17.5 Å². The summed E-state index contributed by atoms with van der Waals surface area (Å²) in [5.41, 5.74) is 13.6. The molecule has 5 aromatic carbocycles. The third-order valence-electron chi connectivity index (χ3n) is 6.74. The van der Waals surface area contributed by atoms with Crippen molar-refractivity contribution >= 4 is 0 Å². The van der Waals surface area contributed by atoms with Crippen LogP contribution in [-0.4, -0.2) is 5.11 Å². The Labute approximate surface area is 194 Å². The largest absolute Gasteiger partial charge is 0.508 e. The zero-order valence-electron chi connectivity index (χ0n) is 18.5. The first-order valence-corrected chi connectivity index (χ1v) is 11.4. The number of fused-ring (bicyclic) bond motifs is 3. The average Bonchev–Trinajstić information content (AvgIpc) is 3.24. The van der Waals surface area contributed by atoms with Crippen molar-refractivity contribution in [2.45, 2.75) is 13.3 Å². The summed E-state index contributed by atoms with van der Waals surface area (Å²) in [6, 6.07) is 38.6. The number of phenols is 1. The van der Waals surface area contributed by atoms with Gasteiger partial charge in [-0.15, -0.1) is 0 Å². The van der Waals surface area contributed by atoms with E-state index < -0.39 is 0 Å². The van der Waals surface area contributed by atoms with Crippen molar-refractivity contribution in [3.05, 3.63) is 126 Å². The Kier molecular flexibility index (Phi) is 4.62. The van der Waals surface area contributed by atoms with E-state index in [1.54, 1.807) is 0 Å². The van der Waals surface area contributed by atoms with Crippen molar-refractivity contribution in [2.24, 2.45) is 0 Å². The lowest BCUT2D eigenvalue weighted by atomic mass is 9.90. The lowest BCUT2D eigenvalue weighted by Crippen LogP contribution is -1.91. The highest BCUT2D eigenvalue weighted by Crippen LogP contribution is 2.45. The molecule has 0 amide bonds. The summed E-state index contributed by atoms with van der Waals surface area (Å²) >= 11 is 0. The van der Waals surface area contributed by atoms with E-state index >= 15 is 0 Å². The predicted molar refractivity (Wildman–Crippen MR) is 137 cm³/mol. The summed E-state index contributed by atoms with van der Waals surface area (Å²) in [6.07, 6.45) is 0.921. The van der Waals surface area contributed by atoms with E-state index in [4.69, 9.17) is 0 Å². The van der Waals surface area contributed by atoms with Gasteiger partial charge in [0.1, 0.15) is 5.75 Å². The number of phenolic OH excluding ortho intramolecular Hbond substituents is 1. The lowest BCUT2D eigenvalue weighted by molar-refractivity contribution is 0.471. The molecular weight excluding hydrogens is 400 g/mol. The van der Waals surface area contributed by atoms with E-state index in [9.17, 15) is 5.11 Å². The molecule has 158 valence electrons. The van der Waals surface area contributed by atoms with Crippen LogP contribution in [0.25, 0.3) is 44.5 Å². The van der Waals surface area contributed by atoms with E-state index in [0.29, 0.717) is 5.75 Å². The van der Waals surface area contributed by atoms with Crippen LogP contribution in [0.5, 0.6) is 5.75 Å². The summed E-state index contributed by atoms with van der Waals surface area (Å²) in [5.74, 6) is 0.338. The fourth-order valence-electron chi connectivity index (χ4n) is 4.96. The van der Waals surface area contributed by atoms with Gasteiger partial charge in [-0.25, -0.2) is 0 Å². The molecule has 1 aliphatic rings. The van der Waals surface area contributed by atoms with Crippen LogP contribution in [0.4, 0.5) is 0 Å². The fourth-order valence-corrected chi connectivity index (χ4v) is 4.96. The molecule has 0 radical (unpaired) electrons. The average molecular weight is 425 g/mol. The van der Waals surface area contributed by atoms with Crippen LogP contribution >= 0.6 is 0 Å². The van der Waals surface area contributed by atoms with Gasteiger partial charge >= 0.3 is 0 Å². The van der Waals surface area contributed by atoms with Crippen LogP contribution in [0.15, 0.2) is 109 Å². The monoisotopic (exact) mass is 424 g/mol. The van der Waals surface area contributed by atoms with E-state index in [2.05, 4.69) is 97.1 Å². The van der Waals surface area contributed by atoms with E-state index in [-0.39, 0.29) is 0 Å². The zero-order chi connectivity index (χ0) is 22.4. The van der Waals surface area contributed by atoms with Gasteiger partial charge in [-0.3, -0.25) is 0 Å². The van der Waals surface area contributed by atoms with Gasteiger partial charge in [-0.05, 0) is 105 Å². The maximum atomic E-state index is 10.1. The number of hydrogen-bond donors (Lipinski definition) is 1. The summed E-state index contributed by atoms with van der Waals surface area (Å²) < 4.78 is 0. The SMILES string of the molecule is Cc1cc(-c2cc(-c3ccccc3)cc3c2Cc2ccc(-c4ccccc4)cc2-3)ccc1O. The van der Waals surface area contributed by atoms with Gasteiger partial charge in [0.25, 0.3) is 0 Å². The number of aryl methyl sites for hydroxylation is 1. The second-order valence-electron chi connectivity index (χ2n) is 8.83. The zero-order valence-corrected chi connectivity index (χ0v) is 18.5. The second-order valence-corrected chi connectivity index (χ2v) is 8.83. The molecule has 0 fully saturated rings. The maximum Gasteiger partial charge on any atom is 0.118 e. The second kappa shape index (κ2) is 7.79. The highest BCUT2D eigenvalue weighted by atomic mass is 16.3. The Morgan fingerprint density at radius 3 is 1.82 bits per heavy atom. The normalized spacial score (nSPS) is 11.8. The molecule has 0 spiro atoms. The molecule has 0 unspecified atom stereocenters. The van der Waals surface area contributed by atoms with Gasteiger partial charge in [0.2, 0.25) is 0 Å². The van der Waals surface area contributed by atoms with Gasteiger partial charge in [0.15, 0.2) is 0 Å². The van der Waals surface area contributed by atoms with Crippen molar-refractivity contribution in [1.82, 2.24) is 0 Å². The Morgan fingerprint density at radius 2 is 1.12 bits per heavy atom. The minimum absolute atomic E-state index is 0.338. The highest BCUT2D eigenvalue weighted by Gasteiger charge is 2.24. The molecule has 1 aliphatic carbocycles. The Bertz CT molecular complexity index is 1480. The molecule has 1 heteroatoms. The molecule has 0 saturated heterocycles. The molecule has 33 heavy (non-hydrogen) atoms. The fraction of sp³-hybridized carbons (Fsp3) is 0.0625. The first-order chi connectivity index (χ1) is 16.2. The van der Waals surface area contributed by atoms with Crippen molar-refractivity contribution in [2.75, 3.05) is 0 Å². The van der Waals surface area contributed by atoms with Crippen molar-refractivity contribution in [1.29, 1.82) is 0 Å². The Balaban J connectivity index is 1.58. The molecule has 0 aromatic heterocycles. The summed E-state index contributed by atoms with van der Waals surface area (Å²) in [6.45, 7) is 1.96. The summed E-state index contributed by atoms with van der Waals surface area (Å²) in [5, 5.41) is 10.1. The van der Waals surface area contributed by atoms with Crippen molar-refractivity contribution < 1.29 is 5.11 Å². The van der Waals surface area contributed by atoms with Crippen LogP contribution in [0, 0.1) is 6.92 Å². The van der Waals surface area contributed by atoms with Gasteiger partial charge in [0, 0.05) is 0 Å². The molecule has 6 rings (SSSR count). The van der Waals surface area contributed by atoms with Gasteiger partial charge in [-0.2, -0.15) is 0 Å². The number of aromatic hydroxyl groups is 1. The van der Waals surface area contributed by atoms with E-state index in [1.165, 1.54) is 50.1 Å². The molecule has 1 N–H and O–H groups in total. The standard InChI is InChI=1S/C32H24O/c1-21-16-25(14-15-32(21)33)29-19-27(23-10-6-3-7-11-23)20-31-28-17-24(22-8-4-2-5-9-22)12-13-26(28)18-30(29)31/h2-17,19-20,33H,18H2,1H3. The minimum atomic E-state index is 0.338. The number of hydrogen-bond acceptors (Lipinski definition) is 1. The predicted octanol–water partition coefficient (Wildman–Crippen LogP) is 8.27. The molecule has 0 heterocycles. The van der Waals surface area contributed by atoms with Gasteiger partial charge in [-0.1, -0.05) is 78.9 Å². The minimum Gasteiger partial charge on any atom is -0.508 e. The molecule has 0 bridgehead atoms. The van der Waals surface area contributed by atoms with Crippen LogP contribution in [0.3, 0.4) is 0 Å². The topological polar surface area (TPSA) is 20.2 Å². The molecule has 0 atom stereocenters. The van der Waals surface area contributed by atoms with Gasteiger partial charge in [0.05, 0.1) is 0 Å². The molecule has 0 saturated carbocycles. The Hall–Kier alpha value is -4.10. The van der Waals surface area contributed by atoms with Gasteiger partial charge < -0.3 is 5.11 Å². The number of rotatable bonds is 3. The molecular formula is C32H24O. The van der Waals surface area contributed by atoms with Crippen molar-refractivity contribution in [3.8, 4) is 50.3 Å². The van der Waals surface area contributed by atoms with Crippen molar-refractivity contribution in [3.63, 3.8) is 0 Å². The van der Waals surface area contributed by atoms with Crippen LogP contribution < -0.4 is 0 Å². The van der Waals surface area contributed by atoms with Crippen LogP contribution in [-0.2, 0) is 6.42 Å². The first-order valence-electron chi connectivity index (χ1n) is 11.4. The number of benzene rings is 5. The summed E-state index contributed by atoms with van der Waals surface area (Å²) in [4.78, 5) is 0. The Morgan fingerprint density at radius 1 is 0.515 bits per heavy atom. The lowest BCUT2D eigenvalue weighted by Gasteiger charge is -2.14. The van der Waals surface area contributed by atoms with Crippen LogP contribution in [0.2, 0.25) is 0 Å². The molecule has 1 nitrogen and oxygen atoms in total. The van der Waals surface area contributed by atoms with Crippen LogP contribution in [0.1, 0.15) is 16.7 Å². The quantitative estimate of drug-likeness (QED) is 0.303. The highest BCUT2D eigenvalue weighted by molar-refractivity contribution is 5.91.